The lowest BCUT2D eigenvalue weighted by Crippen LogP contribution is -2.05. The Morgan fingerprint density at radius 1 is 0.800 bits per heavy atom. The molecule has 1 aliphatic rings. The highest BCUT2D eigenvalue weighted by molar-refractivity contribution is 4.81. The van der Waals surface area contributed by atoms with Crippen molar-refractivity contribution >= 4 is 0 Å². The number of rotatable bonds is 14. The van der Waals surface area contributed by atoms with Crippen LogP contribution in [0, 0.1) is 11.8 Å². The summed E-state index contributed by atoms with van der Waals surface area (Å²) in [5, 5.41) is 9.30. The molecule has 0 bridgehead atoms. The summed E-state index contributed by atoms with van der Waals surface area (Å²) in [6.45, 7) is 4.20. The van der Waals surface area contributed by atoms with E-state index in [-0.39, 0.29) is 6.10 Å². The maximum atomic E-state index is 9.30. The van der Waals surface area contributed by atoms with Crippen LogP contribution >= 0.6 is 0 Å². The molecule has 0 aromatic carbocycles. The first kappa shape index (κ1) is 18.0. The Morgan fingerprint density at radius 3 is 1.85 bits per heavy atom. The van der Waals surface area contributed by atoms with Gasteiger partial charge in [-0.25, -0.2) is 0 Å². The van der Waals surface area contributed by atoms with E-state index in [1.54, 1.807) is 0 Å². The summed E-state index contributed by atoms with van der Waals surface area (Å²) in [5.41, 5.74) is 0. The zero-order chi connectivity index (χ0) is 14.6. The minimum Gasteiger partial charge on any atom is -0.393 e. The zero-order valence-corrected chi connectivity index (χ0v) is 14.1. The van der Waals surface area contributed by atoms with Gasteiger partial charge in [-0.05, 0) is 38.0 Å². The fraction of sp³-hybridized carbons (Fsp3) is 1.00. The molecule has 1 N–H and O–H groups in total. The smallest absolute Gasteiger partial charge is 0.0512 e. The molecule has 0 radical (unpaired) electrons. The third kappa shape index (κ3) is 9.80. The molecular weight excluding hydrogens is 244 g/mol. The Labute approximate surface area is 127 Å². The Balaban J connectivity index is 1.96. The largest absolute Gasteiger partial charge is 0.393 e. The topological polar surface area (TPSA) is 20.2 Å². The van der Waals surface area contributed by atoms with Crippen LogP contribution in [0.2, 0.25) is 0 Å². The molecule has 0 aromatic heterocycles. The van der Waals surface area contributed by atoms with Crippen molar-refractivity contribution < 1.29 is 5.11 Å². The Hall–Kier alpha value is -0.0400. The molecule has 2 atom stereocenters. The van der Waals surface area contributed by atoms with Crippen LogP contribution in [-0.2, 0) is 0 Å². The van der Waals surface area contributed by atoms with E-state index in [0.717, 1.165) is 18.3 Å². The third-order valence-electron chi connectivity index (χ3n) is 4.91. The lowest BCUT2D eigenvalue weighted by atomic mass is 9.90. The fourth-order valence-electron chi connectivity index (χ4n) is 3.39. The summed E-state index contributed by atoms with van der Waals surface area (Å²) in [6.07, 6.45) is 19.4. The van der Waals surface area contributed by atoms with Crippen molar-refractivity contribution in [2.75, 3.05) is 0 Å². The van der Waals surface area contributed by atoms with Crippen LogP contribution in [0.5, 0.6) is 0 Å². The van der Waals surface area contributed by atoms with E-state index < -0.39 is 0 Å². The number of unbranched alkanes of at least 4 members (excludes halogenated alkanes) is 7. The lowest BCUT2D eigenvalue weighted by molar-refractivity contribution is 0.179. The first-order valence-electron chi connectivity index (χ1n) is 9.42. The van der Waals surface area contributed by atoms with Crippen molar-refractivity contribution in [1.82, 2.24) is 0 Å². The Kier molecular flexibility index (Phi) is 10.4. The van der Waals surface area contributed by atoms with Crippen LogP contribution in [-0.4, -0.2) is 11.2 Å². The van der Waals surface area contributed by atoms with E-state index in [1.807, 2.05) is 6.92 Å². The molecule has 120 valence electrons. The van der Waals surface area contributed by atoms with Gasteiger partial charge in [0.05, 0.1) is 6.10 Å². The SMILES string of the molecule is CCCCCCCCCC(CCCCC(C)O)C1CC1. The van der Waals surface area contributed by atoms with Crippen LogP contribution in [0.25, 0.3) is 0 Å². The average Bonchev–Trinajstić information content (AvgIpc) is 3.24. The van der Waals surface area contributed by atoms with Crippen LogP contribution in [0.3, 0.4) is 0 Å². The molecule has 1 aliphatic carbocycles. The second-order valence-corrected chi connectivity index (χ2v) is 7.14. The van der Waals surface area contributed by atoms with E-state index in [0.29, 0.717) is 0 Å². The van der Waals surface area contributed by atoms with Gasteiger partial charge in [-0.2, -0.15) is 0 Å². The highest BCUT2D eigenvalue weighted by Gasteiger charge is 2.29. The lowest BCUT2D eigenvalue weighted by Gasteiger charge is -2.16. The van der Waals surface area contributed by atoms with Gasteiger partial charge in [0.2, 0.25) is 0 Å². The Morgan fingerprint density at radius 2 is 1.30 bits per heavy atom. The molecule has 20 heavy (non-hydrogen) atoms. The number of hydrogen-bond acceptors (Lipinski definition) is 1. The second-order valence-electron chi connectivity index (χ2n) is 7.14. The molecular formula is C19H38O. The molecule has 0 saturated heterocycles. The highest BCUT2D eigenvalue weighted by atomic mass is 16.3. The van der Waals surface area contributed by atoms with Gasteiger partial charge in [-0.15, -0.1) is 0 Å². The van der Waals surface area contributed by atoms with Gasteiger partial charge in [0.1, 0.15) is 0 Å². The number of aliphatic hydroxyl groups is 1. The van der Waals surface area contributed by atoms with E-state index >= 15 is 0 Å². The summed E-state index contributed by atoms with van der Waals surface area (Å²) in [7, 11) is 0. The van der Waals surface area contributed by atoms with Crippen LogP contribution in [0.4, 0.5) is 0 Å². The molecule has 1 fully saturated rings. The van der Waals surface area contributed by atoms with Gasteiger partial charge in [0.25, 0.3) is 0 Å². The normalized spacial score (nSPS) is 18.1. The first-order valence-corrected chi connectivity index (χ1v) is 9.42. The maximum absolute atomic E-state index is 9.30. The van der Waals surface area contributed by atoms with E-state index in [2.05, 4.69) is 6.92 Å². The van der Waals surface area contributed by atoms with Gasteiger partial charge in [-0.3, -0.25) is 0 Å². The van der Waals surface area contributed by atoms with E-state index in [4.69, 9.17) is 0 Å². The quantitative estimate of drug-likeness (QED) is 0.382. The van der Waals surface area contributed by atoms with Crippen molar-refractivity contribution in [2.24, 2.45) is 11.8 Å². The average molecular weight is 283 g/mol. The van der Waals surface area contributed by atoms with Gasteiger partial charge in [0, 0.05) is 0 Å². The van der Waals surface area contributed by atoms with Gasteiger partial charge >= 0.3 is 0 Å². The summed E-state index contributed by atoms with van der Waals surface area (Å²) in [6, 6.07) is 0. The van der Waals surface area contributed by atoms with Gasteiger partial charge in [-0.1, -0.05) is 77.6 Å². The van der Waals surface area contributed by atoms with Crippen molar-refractivity contribution in [2.45, 2.75) is 110 Å². The summed E-state index contributed by atoms with van der Waals surface area (Å²) in [5.74, 6) is 2.08. The molecule has 1 saturated carbocycles. The first-order chi connectivity index (χ1) is 9.74. The molecule has 0 amide bonds. The minimum absolute atomic E-state index is 0.0995. The molecule has 1 nitrogen and oxygen atoms in total. The summed E-state index contributed by atoms with van der Waals surface area (Å²) in [4.78, 5) is 0. The summed E-state index contributed by atoms with van der Waals surface area (Å²) >= 11 is 0. The molecule has 0 aliphatic heterocycles. The fourth-order valence-corrected chi connectivity index (χ4v) is 3.39. The maximum Gasteiger partial charge on any atom is 0.0512 e. The van der Waals surface area contributed by atoms with Crippen LogP contribution < -0.4 is 0 Å². The molecule has 2 unspecified atom stereocenters. The monoisotopic (exact) mass is 282 g/mol. The predicted molar refractivity (Wildman–Crippen MR) is 89.0 cm³/mol. The third-order valence-corrected chi connectivity index (χ3v) is 4.91. The molecule has 1 heteroatoms. The minimum atomic E-state index is -0.0995. The van der Waals surface area contributed by atoms with Crippen molar-refractivity contribution in [3.05, 3.63) is 0 Å². The zero-order valence-electron chi connectivity index (χ0n) is 14.1. The van der Waals surface area contributed by atoms with Gasteiger partial charge in [0.15, 0.2) is 0 Å². The standard InChI is InChI=1S/C19H38O/c1-3-4-5-6-7-8-9-13-18(19-15-16-19)14-11-10-12-17(2)20/h17-20H,3-16H2,1-2H3. The number of hydrogen-bond donors (Lipinski definition) is 1. The molecule has 0 aromatic rings. The van der Waals surface area contributed by atoms with Crippen LogP contribution in [0.15, 0.2) is 0 Å². The molecule has 0 spiro atoms. The molecule has 1 rings (SSSR count). The second kappa shape index (κ2) is 11.6. The molecule has 0 heterocycles. The van der Waals surface area contributed by atoms with E-state index in [9.17, 15) is 5.11 Å². The van der Waals surface area contributed by atoms with Crippen LogP contribution in [0.1, 0.15) is 104 Å². The summed E-state index contributed by atoms with van der Waals surface area (Å²) < 4.78 is 0. The Bertz CT molecular complexity index is 208. The predicted octanol–water partition coefficient (Wildman–Crippen LogP) is 6.09. The van der Waals surface area contributed by atoms with Crippen molar-refractivity contribution in [3.8, 4) is 0 Å². The van der Waals surface area contributed by atoms with Gasteiger partial charge < -0.3 is 5.11 Å². The number of aliphatic hydroxyl groups excluding tert-OH is 1. The highest BCUT2D eigenvalue weighted by Crippen LogP contribution is 2.42. The van der Waals surface area contributed by atoms with Crippen molar-refractivity contribution in [1.29, 1.82) is 0 Å². The van der Waals surface area contributed by atoms with Crippen molar-refractivity contribution in [3.63, 3.8) is 0 Å². The van der Waals surface area contributed by atoms with E-state index in [1.165, 1.54) is 83.5 Å².